The lowest BCUT2D eigenvalue weighted by Gasteiger charge is -2.37. The van der Waals surface area contributed by atoms with Crippen molar-refractivity contribution in [2.24, 2.45) is 11.8 Å². The topological polar surface area (TPSA) is 35.5 Å². The van der Waals surface area contributed by atoms with Crippen molar-refractivity contribution in [3.05, 3.63) is 0 Å². The Balaban J connectivity index is 2.74. The van der Waals surface area contributed by atoms with Crippen LogP contribution in [0.1, 0.15) is 27.2 Å². The Hall–Kier alpha value is -0.570. The number of cyclic esters (lactones) is 1. The molecule has 1 rings (SSSR count). The maximum Gasteiger partial charge on any atom is 0.309 e. The molecule has 0 N–H and O–H groups in total. The fraction of sp³-hybridized carbons (Fsp3) is 0.900. The van der Waals surface area contributed by atoms with Crippen LogP contribution in [-0.4, -0.2) is 25.3 Å². The van der Waals surface area contributed by atoms with Crippen LogP contribution in [0.3, 0.4) is 0 Å². The maximum absolute atomic E-state index is 11.4. The van der Waals surface area contributed by atoms with Crippen molar-refractivity contribution in [2.75, 3.05) is 7.11 Å². The molecule has 0 aromatic rings. The molecule has 1 saturated heterocycles. The van der Waals surface area contributed by atoms with Gasteiger partial charge in [-0.05, 0) is 12.3 Å². The summed E-state index contributed by atoms with van der Waals surface area (Å²) in [5.41, 5.74) is 0. The molecular weight excluding hydrogens is 168 g/mol. The van der Waals surface area contributed by atoms with Crippen LogP contribution in [0.2, 0.25) is 0 Å². The normalized spacial score (nSPS) is 40.2. The molecule has 1 aliphatic rings. The predicted octanol–water partition coefficient (Wildman–Crippen LogP) is 1.61. The first-order valence-electron chi connectivity index (χ1n) is 4.85. The molecule has 1 aliphatic heterocycles. The van der Waals surface area contributed by atoms with Crippen molar-refractivity contribution in [1.82, 2.24) is 0 Å². The molecule has 0 aromatic heterocycles. The number of hydrogen-bond donors (Lipinski definition) is 0. The van der Waals surface area contributed by atoms with Crippen molar-refractivity contribution >= 4 is 5.97 Å². The lowest BCUT2D eigenvalue weighted by atomic mass is 9.84. The van der Waals surface area contributed by atoms with E-state index in [1.165, 1.54) is 0 Å². The summed E-state index contributed by atoms with van der Waals surface area (Å²) in [6.07, 6.45) is 0.808. The molecule has 3 heteroatoms. The van der Waals surface area contributed by atoms with E-state index in [4.69, 9.17) is 9.47 Å². The highest BCUT2D eigenvalue weighted by atomic mass is 16.6. The minimum absolute atomic E-state index is 0.0484. The molecular formula is C10H18O3. The van der Waals surface area contributed by atoms with Gasteiger partial charge < -0.3 is 9.47 Å². The molecule has 13 heavy (non-hydrogen) atoms. The van der Waals surface area contributed by atoms with Crippen LogP contribution in [-0.2, 0) is 14.3 Å². The van der Waals surface area contributed by atoms with E-state index in [1.807, 2.05) is 20.8 Å². The van der Waals surface area contributed by atoms with E-state index in [1.54, 1.807) is 7.11 Å². The Labute approximate surface area is 79.4 Å². The van der Waals surface area contributed by atoms with E-state index >= 15 is 0 Å². The van der Waals surface area contributed by atoms with Gasteiger partial charge in [0.15, 0.2) is 0 Å². The number of esters is 1. The van der Waals surface area contributed by atoms with Gasteiger partial charge in [0, 0.05) is 7.11 Å². The summed E-state index contributed by atoms with van der Waals surface area (Å²) >= 11 is 0. The van der Waals surface area contributed by atoms with Crippen LogP contribution < -0.4 is 0 Å². The summed E-state index contributed by atoms with van der Waals surface area (Å²) in [6.45, 7) is 5.94. The number of rotatable bonds is 2. The number of carbonyl (C=O) groups excluding carboxylic acids is 1. The first-order chi connectivity index (χ1) is 6.11. The van der Waals surface area contributed by atoms with E-state index in [0.29, 0.717) is 0 Å². The van der Waals surface area contributed by atoms with E-state index in [9.17, 15) is 4.79 Å². The molecule has 0 amide bonds. The number of carbonyl (C=O) groups is 1. The highest BCUT2D eigenvalue weighted by Crippen LogP contribution is 2.29. The number of hydrogen-bond acceptors (Lipinski definition) is 3. The van der Waals surface area contributed by atoms with Gasteiger partial charge in [0.2, 0.25) is 0 Å². The van der Waals surface area contributed by atoms with Crippen molar-refractivity contribution in [3.63, 3.8) is 0 Å². The van der Waals surface area contributed by atoms with Gasteiger partial charge in [-0.15, -0.1) is 0 Å². The quantitative estimate of drug-likeness (QED) is 0.615. The Morgan fingerprint density at radius 2 is 2.08 bits per heavy atom. The Morgan fingerprint density at radius 1 is 1.46 bits per heavy atom. The Morgan fingerprint density at radius 3 is 2.54 bits per heavy atom. The van der Waals surface area contributed by atoms with Gasteiger partial charge in [-0.25, -0.2) is 0 Å². The van der Waals surface area contributed by atoms with Gasteiger partial charge in [-0.2, -0.15) is 0 Å². The predicted molar refractivity (Wildman–Crippen MR) is 49.3 cm³/mol. The van der Waals surface area contributed by atoms with Crippen molar-refractivity contribution < 1.29 is 14.3 Å². The second kappa shape index (κ2) is 4.09. The first kappa shape index (κ1) is 10.5. The van der Waals surface area contributed by atoms with E-state index < -0.39 is 0 Å². The van der Waals surface area contributed by atoms with Crippen LogP contribution in [0.5, 0.6) is 0 Å². The summed E-state index contributed by atoms with van der Waals surface area (Å²) in [5, 5.41) is 0. The minimum atomic E-state index is -0.0901. The third kappa shape index (κ3) is 1.85. The van der Waals surface area contributed by atoms with Crippen molar-refractivity contribution in [3.8, 4) is 0 Å². The molecule has 0 aromatic carbocycles. The van der Waals surface area contributed by atoms with Crippen LogP contribution in [0, 0.1) is 11.8 Å². The molecule has 4 atom stereocenters. The maximum atomic E-state index is 11.4. The highest BCUT2D eigenvalue weighted by Gasteiger charge is 2.40. The summed E-state index contributed by atoms with van der Waals surface area (Å²) < 4.78 is 10.6. The zero-order valence-electron chi connectivity index (χ0n) is 8.74. The standard InChI is InChI=1S/C10H18O3/c1-5-8-9(12-4)6(2)7(3)10(11)13-8/h6-9H,5H2,1-4H3/t6-,7?,8?,9+/m1/s1. The Bertz CT molecular complexity index is 189. The van der Waals surface area contributed by atoms with Crippen LogP contribution in [0.15, 0.2) is 0 Å². The molecule has 0 saturated carbocycles. The van der Waals surface area contributed by atoms with E-state index in [0.717, 1.165) is 6.42 Å². The monoisotopic (exact) mass is 186 g/mol. The molecule has 76 valence electrons. The van der Waals surface area contributed by atoms with Gasteiger partial charge in [0.05, 0.1) is 12.0 Å². The average Bonchev–Trinajstić information content (AvgIpc) is 2.13. The zero-order chi connectivity index (χ0) is 10.0. The molecule has 0 aliphatic carbocycles. The summed E-state index contributed by atoms with van der Waals surface area (Å²) in [5.74, 6) is 0.108. The van der Waals surface area contributed by atoms with Gasteiger partial charge in [-0.1, -0.05) is 20.8 Å². The lowest BCUT2D eigenvalue weighted by molar-refractivity contribution is -0.182. The lowest BCUT2D eigenvalue weighted by Crippen LogP contribution is -2.47. The summed E-state index contributed by atoms with van der Waals surface area (Å²) in [6, 6.07) is 0. The van der Waals surface area contributed by atoms with Gasteiger partial charge in [0.1, 0.15) is 6.10 Å². The second-order valence-electron chi connectivity index (χ2n) is 3.73. The van der Waals surface area contributed by atoms with E-state index in [2.05, 4.69) is 0 Å². The zero-order valence-corrected chi connectivity index (χ0v) is 8.74. The van der Waals surface area contributed by atoms with Gasteiger partial charge in [0.25, 0.3) is 0 Å². The first-order valence-corrected chi connectivity index (χ1v) is 4.85. The second-order valence-corrected chi connectivity index (χ2v) is 3.73. The SMILES string of the molecule is CCC1OC(=O)C(C)[C@@H](C)[C@@H]1OC. The molecule has 0 spiro atoms. The smallest absolute Gasteiger partial charge is 0.309 e. The summed E-state index contributed by atoms with van der Waals surface area (Å²) in [7, 11) is 1.68. The number of methoxy groups -OCH3 is 1. The third-order valence-corrected chi connectivity index (χ3v) is 2.99. The molecule has 1 fully saturated rings. The molecule has 3 nitrogen and oxygen atoms in total. The average molecular weight is 186 g/mol. The van der Waals surface area contributed by atoms with Crippen LogP contribution in [0.25, 0.3) is 0 Å². The molecule has 0 bridgehead atoms. The third-order valence-electron chi connectivity index (χ3n) is 2.99. The molecule has 1 heterocycles. The van der Waals surface area contributed by atoms with Crippen LogP contribution >= 0.6 is 0 Å². The van der Waals surface area contributed by atoms with Crippen molar-refractivity contribution in [1.29, 1.82) is 0 Å². The minimum Gasteiger partial charge on any atom is -0.459 e. The summed E-state index contributed by atoms with van der Waals surface area (Å²) in [4.78, 5) is 11.4. The Kier molecular flexibility index (Phi) is 3.31. The fourth-order valence-corrected chi connectivity index (χ4v) is 1.84. The van der Waals surface area contributed by atoms with Crippen molar-refractivity contribution in [2.45, 2.75) is 39.4 Å². The van der Waals surface area contributed by atoms with Gasteiger partial charge >= 0.3 is 5.97 Å². The molecule has 2 unspecified atom stereocenters. The molecule has 0 radical (unpaired) electrons. The number of ether oxygens (including phenoxy) is 2. The van der Waals surface area contributed by atoms with E-state index in [-0.39, 0.29) is 30.0 Å². The highest BCUT2D eigenvalue weighted by molar-refractivity contribution is 5.73. The van der Waals surface area contributed by atoms with Gasteiger partial charge in [-0.3, -0.25) is 4.79 Å². The largest absolute Gasteiger partial charge is 0.459 e. The fourth-order valence-electron chi connectivity index (χ4n) is 1.84. The van der Waals surface area contributed by atoms with Crippen LogP contribution in [0.4, 0.5) is 0 Å².